The van der Waals surface area contributed by atoms with Crippen LogP contribution >= 0.6 is 0 Å². The number of benzene rings is 2. The van der Waals surface area contributed by atoms with E-state index in [1.807, 2.05) is 29.4 Å². The molecular weight excluding hydrogens is 318 g/mol. The van der Waals surface area contributed by atoms with Crippen LogP contribution in [0.1, 0.15) is 16.8 Å². The maximum Gasteiger partial charge on any atom is 0.0949 e. The Bertz CT molecular complexity index is 1030. The number of rotatable bonds is 4. The Kier molecular flexibility index (Phi) is 4.36. The van der Waals surface area contributed by atoms with Gasteiger partial charge in [0, 0.05) is 24.2 Å². The summed E-state index contributed by atoms with van der Waals surface area (Å²) in [6.45, 7) is 5.02. The fourth-order valence-corrected chi connectivity index (χ4v) is 3.24. The number of imidazole rings is 1. The van der Waals surface area contributed by atoms with Crippen LogP contribution in [0.15, 0.2) is 79.5 Å². The first-order valence-corrected chi connectivity index (χ1v) is 8.79. The topological polar surface area (TPSA) is 30.7 Å². The van der Waals surface area contributed by atoms with Crippen molar-refractivity contribution in [3.05, 3.63) is 96.3 Å². The number of hydrogen-bond donors (Lipinski definition) is 0. The summed E-state index contributed by atoms with van der Waals surface area (Å²) in [5.41, 5.74) is 8.50. The molecule has 0 unspecified atom stereocenters. The zero-order valence-electron chi connectivity index (χ0n) is 15.1. The highest BCUT2D eigenvalue weighted by Crippen LogP contribution is 2.34. The van der Waals surface area contributed by atoms with Crippen molar-refractivity contribution in [3.63, 3.8) is 0 Å². The van der Waals surface area contributed by atoms with Gasteiger partial charge in [-0.1, -0.05) is 48.5 Å². The van der Waals surface area contributed by atoms with Gasteiger partial charge >= 0.3 is 0 Å². The van der Waals surface area contributed by atoms with E-state index in [9.17, 15) is 0 Å². The molecule has 0 aliphatic rings. The van der Waals surface area contributed by atoms with Gasteiger partial charge in [0.15, 0.2) is 0 Å². The first-order chi connectivity index (χ1) is 12.7. The fourth-order valence-electron chi connectivity index (χ4n) is 3.24. The highest BCUT2D eigenvalue weighted by atomic mass is 15.0. The molecule has 3 heteroatoms. The van der Waals surface area contributed by atoms with Crippen molar-refractivity contribution in [1.29, 1.82) is 0 Å². The van der Waals surface area contributed by atoms with Crippen molar-refractivity contribution in [2.75, 3.05) is 0 Å². The van der Waals surface area contributed by atoms with Crippen molar-refractivity contribution < 1.29 is 0 Å². The van der Waals surface area contributed by atoms with Crippen molar-refractivity contribution in [1.82, 2.24) is 14.5 Å². The Labute approximate surface area is 154 Å². The molecule has 0 N–H and O–H groups in total. The molecule has 0 aliphatic heterocycles. The molecule has 2 aromatic heterocycles. The van der Waals surface area contributed by atoms with Crippen molar-refractivity contribution in [2.24, 2.45) is 0 Å². The standard InChI is InChI=1S/C23H21N3/c1-17-9-10-19(14-18(17)2)20-6-3-4-7-21(20)22-8-5-11-25-23(22)15-26-13-12-24-16-26/h3-14,16H,15H2,1-2H3. The van der Waals surface area contributed by atoms with Crippen LogP contribution in [0.5, 0.6) is 0 Å². The van der Waals surface area contributed by atoms with E-state index < -0.39 is 0 Å². The summed E-state index contributed by atoms with van der Waals surface area (Å²) in [5.74, 6) is 0. The molecule has 0 saturated heterocycles. The van der Waals surface area contributed by atoms with Gasteiger partial charge in [-0.2, -0.15) is 0 Å². The number of aryl methyl sites for hydroxylation is 2. The highest BCUT2D eigenvalue weighted by molar-refractivity contribution is 5.84. The Hall–Kier alpha value is -3.20. The molecule has 26 heavy (non-hydrogen) atoms. The smallest absolute Gasteiger partial charge is 0.0949 e. The summed E-state index contributed by atoms with van der Waals surface area (Å²) in [6, 6.07) is 19.4. The Morgan fingerprint density at radius 1 is 0.808 bits per heavy atom. The predicted octanol–water partition coefficient (Wildman–Crippen LogP) is 5.28. The Balaban J connectivity index is 1.83. The molecule has 4 aromatic rings. The number of nitrogens with zero attached hydrogens (tertiary/aromatic N) is 3. The summed E-state index contributed by atoms with van der Waals surface area (Å²) in [6.07, 6.45) is 7.45. The first-order valence-electron chi connectivity index (χ1n) is 8.79. The second-order valence-corrected chi connectivity index (χ2v) is 6.58. The molecule has 2 aromatic carbocycles. The molecule has 0 saturated carbocycles. The van der Waals surface area contributed by atoms with E-state index in [2.05, 4.69) is 72.3 Å². The maximum atomic E-state index is 4.65. The molecule has 4 rings (SSSR count). The average Bonchev–Trinajstić information content (AvgIpc) is 3.18. The maximum absolute atomic E-state index is 4.65. The number of pyridine rings is 1. The minimum Gasteiger partial charge on any atom is -0.331 e. The van der Waals surface area contributed by atoms with E-state index in [4.69, 9.17) is 0 Å². The molecule has 0 bridgehead atoms. The summed E-state index contributed by atoms with van der Waals surface area (Å²) < 4.78 is 2.05. The predicted molar refractivity (Wildman–Crippen MR) is 106 cm³/mol. The summed E-state index contributed by atoms with van der Waals surface area (Å²) in [7, 11) is 0. The zero-order chi connectivity index (χ0) is 17.9. The van der Waals surface area contributed by atoms with Crippen LogP contribution in [0.4, 0.5) is 0 Å². The fraction of sp³-hybridized carbons (Fsp3) is 0.130. The normalized spacial score (nSPS) is 10.8. The molecule has 0 aliphatic carbocycles. The molecule has 0 amide bonds. The lowest BCUT2D eigenvalue weighted by Crippen LogP contribution is -2.02. The number of aromatic nitrogens is 3. The molecular formula is C23H21N3. The Morgan fingerprint density at radius 3 is 2.38 bits per heavy atom. The van der Waals surface area contributed by atoms with Crippen LogP contribution in [0.25, 0.3) is 22.3 Å². The van der Waals surface area contributed by atoms with Crippen molar-refractivity contribution in [2.45, 2.75) is 20.4 Å². The van der Waals surface area contributed by atoms with Gasteiger partial charge in [0.2, 0.25) is 0 Å². The van der Waals surface area contributed by atoms with Gasteiger partial charge in [-0.05, 0) is 47.7 Å². The summed E-state index contributed by atoms with van der Waals surface area (Å²) in [4.78, 5) is 8.79. The molecule has 0 spiro atoms. The molecule has 0 fully saturated rings. The van der Waals surface area contributed by atoms with Gasteiger partial charge in [-0.15, -0.1) is 0 Å². The average molecular weight is 339 g/mol. The third kappa shape index (κ3) is 3.16. The SMILES string of the molecule is Cc1ccc(-c2ccccc2-c2cccnc2Cn2ccnc2)cc1C. The van der Waals surface area contributed by atoms with E-state index >= 15 is 0 Å². The summed E-state index contributed by atoms with van der Waals surface area (Å²) in [5, 5.41) is 0. The quantitative estimate of drug-likeness (QED) is 0.506. The van der Waals surface area contributed by atoms with E-state index in [1.165, 1.54) is 27.8 Å². The van der Waals surface area contributed by atoms with Crippen LogP contribution in [0.2, 0.25) is 0 Å². The van der Waals surface area contributed by atoms with Gasteiger partial charge in [0.05, 0.1) is 18.6 Å². The summed E-state index contributed by atoms with van der Waals surface area (Å²) >= 11 is 0. The first kappa shape index (κ1) is 16.3. The lowest BCUT2D eigenvalue weighted by Gasteiger charge is -2.14. The van der Waals surface area contributed by atoms with E-state index in [1.54, 1.807) is 6.20 Å². The molecule has 0 radical (unpaired) electrons. The monoisotopic (exact) mass is 339 g/mol. The minimum atomic E-state index is 0.706. The van der Waals surface area contributed by atoms with Gasteiger partial charge in [-0.3, -0.25) is 4.98 Å². The van der Waals surface area contributed by atoms with Crippen molar-refractivity contribution in [3.8, 4) is 22.3 Å². The largest absolute Gasteiger partial charge is 0.331 e. The van der Waals surface area contributed by atoms with Gasteiger partial charge in [-0.25, -0.2) is 4.98 Å². The van der Waals surface area contributed by atoms with Gasteiger partial charge < -0.3 is 4.57 Å². The minimum absolute atomic E-state index is 0.706. The molecule has 3 nitrogen and oxygen atoms in total. The van der Waals surface area contributed by atoms with Crippen LogP contribution in [-0.4, -0.2) is 14.5 Å². The molecule has 128 valence electrons. The zero-order valence-corrected chi connectivity index (χ0v) is 15.1. The van der Waals surface area contributed by atoms with E-state index in [-0.39, 0.29) is 0 Å². The highest BCUT2D eigenvalue weighted by Gasteiger charge is 2.12. The lowest BCUT2D eigenvalue weighted by molar-refractivity contribution is 0.775. The second kappa shape index (κ2) is 6.96. The van der Waals surface area contributed by atoms with E-state index in [0.717, 1.165) is 11.3 Å². The van der Waals surface area contributed by atoms with Gasteiger partial charge in [0.1, 0.15) is 0 Å². The van der Waals surface area contributed by atoms with Crippen LogP contribution in [-0.2, 0) is 6.54 Å². The van der Waals surface area contributed by atoms with Crippen LogP contribution < -0.4 is 0 Å². The molecule has 2 heterocycles. The van der Waals surface area contributed by atoms with Gasteiger partial charge in [0.25, 0.3) is 0 Å². The lowest BCUT2D eigenvalue weighted by atomic mass is 9.92. The molecule has 0 atom stereocenters. The Morgan fingerprint density at radius 2 is 1.62 bits per heavy atom. The second-order valence-electron chi connectivity index (χ2n) is 6.58. The third-order valence-electron chi connectivity index (χ3n) is 4.82. The third-order valence-corrected chi connectivity index (χ3v) is 4.82. The van der Waals surface area contributed by atoms with E-state index in [0.29, 0.717) is 6.54 Å². The van der Waals surface area contributed by atoms with Crippen molar-refractivity contribution >= 4 is 0 Å². The number of hydrogen-bond acceptors (Lipinski definition) is 2. The van der Waals surface area contributed by atoms with Crippen LogP contribution in [0, 0.1) is 13.8 Å². The van der Waals surface area contributed by atoms with Crippen LogP contribution in [0.3, 0.4) is 0 Å².